The van der Waals surface area contributed by atoms with Crippen LogP contribution in [-0.2, 0) is 0 Å². The zero-order chi connectivity index (χ0) is 13.8. The number of rotatable bonds is 3. The van der Waals surface area contributed by atoms with E-state index >= 15 is 0 Å². The Bertz CT molecular complexity index is 612. The molecular weight excluding hydrogens is 241 g/mol. The largest absolute Gasteiger partial charge is 0.491 e. The van der Waals surface area contributed by atoms with Crippen LogP contribution < -0.4 is 4.74 Å². The molecule has 0 fully saturated rings. The molecule has 0 amide bonds. The molecule has 0 bridgehead atoms. The van der Waals surface area contributed by atoms with Gasteiger partial charge in [0.25, 0.3) is 0 Å². The van der Waals surface area contributed by atoms with Gasteiger partial charge in [0.2, 0.25) is 0 Å². The molecule has 96 valence electrons. The summed E-state index contributed by atoms with van der Waals surface area (Å²) in [6, 6.07) is 13.8. The first kappa shape index (κ1) is 13.1. The highest BCUT2D eigenvalue weighted by molar-refractivity contribution is 5.71. The first-order valence-electron chi connectivity index (χ1n) is 6.07. The van der Waals surface area contributed by atoms with Crippen LogP contribution in [0.25, 0.3) is 11.1 Å². The third-order valence-corrected chi connectivity index (χ3v) is 2.66. The van der Waals surface area contributed by atoms with Crippen molar-refractivity contribution < 1.29 is 9.13 Å². The average molecular weight is 255 g/mol. The van der Waals surface area contributed by atoms with E-state index in [1.165, 1.54) is 6.07 Å². The number of ether oxygens (including phenoxy) is 1. The Balaban J connectivity index is 2.38. The van der Waals surface area contributed by atoms with Crippen LogP contribution in [-0.4, -0.2) is 6.10 Å². The summed E-state index contributed by atoms with van der Waals surface area (Å²) in [5, 5.41) is 9.02. The molecule has 0 radical (unpaired) electrons. The Morgan fingerprint density at radius 1 is 1.11 bits per heavy atom. The minimum Gasteiger partial charge on any atom is -0.491 e. The maximum absolute atomic E-state index is 13.5. The molecule has 0 aliphatic carbocycles. The highest BCUT2D eigenvalue weighted by Crippen LogP contribution is 2.27. The zero-order valence-electron chi connectivity index (χ0n) is 10.9. The highest BCUT2D eigenvalue weighted by atomic mass is 19.1. The molecule has 2 aromatic carbocycles. The zero-order valence-corrected chi connectivity index (χ0v) is 10.9. The smallest absolute Gasteiger partial charge is 0.141 e. The second kappa shape index (κ2) is 5.53. The summed E-state index contributed by atoms with van der Waals surface area (Å²) in [5.74, 6) is 0.260. The second-order valence-corrected chi connectivity index (χ2v) is 4.47. The van der Waals surface area contributed by atoms with Gasteiger partial charge >= 0.3 is 0 Å². The molecule has 2 rings (SSSR count). The normalized spacial score (nSPS) is 10.3. The maximum Gasteiger partial charge on any atom is 0.141 e. The fourth-order valence-electron chi connectivity index (χ4n) is 1.86. The van der Waals surface area contributed by atoms with Crippen molar-refractivity contribution in [1.29, 1.82) is 5.26 Å². The van der Waals surface area contributed by atoms with Crippen molar-refractivity contribution >= 4 is 0 Å². The van der Waals surface area contributed by atoms with Crippen LogP contribution in [0.2, 0.25) is 0 Å². The van der Waals surface area contributed by atoms with E-state index in [1.54, 1.807) is 12.1 Å². The second-order valence-electron chi connectivity index (χ2n) is 4.47. The first-order valence-corrected chi connectivity index (χ1v) is 6.07. The summed E-state index contributed by atoms with van der Waals surface area (Å²) in [7, 11) is 0. The minimum absolute atomic E-state index is 0.0695. The summed E-state index contributed by atoms with van der Waals surface area (Å²) in [6.07, 6.45) is 0.106. The molecule has 2 nitrogen and oxygen atoms in total. The lowest BCUT2D eigenvalue weighted by Crippen LogP contribution is -2.05. The Hall–Kier alpha value is -2.34. The SMILES string of the molecule is CC(C)Oc1ccc(-c2cccc(F)c2C#N)cc1. The summed E-state index contributed by atoms with van der Waals surface area (Å²) in [5.41, 5.74) is 1.46. The van der Waals surface area contributed by atoms with Gasteiger partial charge in [-0.25, -0.2) is 4.39 Å². The minimum atomic E-state index is -0.498. The van der Waals surface area contributed by atoms with Gasteiger partial charge in [-0.2, -0.15) is 5.26 Å². The van der Waals surface area contributed by atoms with Crippen molar-refractivity contribution in [2.45, 2.75) is 20.0 Å². The number of hydrogen-bond donors (Lipinski definition) is 0. The maximum atomic E-state index is 13.5. The van der Waals surface area contributed by atoms with Crippen LogP contribution in [0, 0.1) is 17.1 Å². The van der Waals surface area contributed by atoms with Crippen molar-refractivity contribution in [3.8, 4) is 22.9 Å². The number of hydrogen-bond acceptors (Lipinski definition) is 2. The molecule has 0 unspecified atom stereocenters. The van der Waals surface area contributed by atoms with E-state index < -0.39 is 5.82 Å². The molecule has 0 atom stereocenters. The lowest BCUT2D eigenvalue weighted by molar-refractivity contribution is 0.242. The molecule has 19 heavy (non-hydrogen) atoms. The van der Waals surface area contributed by atoms with E-state index in [0.29, 0.717) is 5.56 Å². The summed E-state index contributed by atoms with van der Waals surface area (Å²) < 4.78 is 19.1. The number of benzene rings is 2. The van der Waals surface area contributed by atoms with Gasteiger partial charge in [0.05, 0.1) is 11.7 Å². The Morgan fingerprint density at radius 3 is 2.37 bits per heavy atom. The van der Waals surface area contributed by atoms with Gasteiger partial charge in [-0.1, -0.05) is 24.3 Å². The third-order valence-electron chi connectivity index (χ3n) is 2.66. The Morgan fingerprint density at radius 2 is 1.79 bits per heavy atom. The fraction of sp³-hybridized carbons (Fsp3) is 0.188. The fourth-order valence-corrected chi connectivity index (χ4v) is 1.86. The van der Waals surface area contributed by atoms with Gasteiger partial charge < -0.3 is 4.74 Å². The molecule has 0 aliphatic rings. The predicted octanol–water partition coefficient (Wildman–Crippen LogP) is 4.15. The van der Waals surface area contributed by atoms with Crippen molar-refractivity contribution in [2.75, 3.05) is 0 Å². The van der Waals surface area contributed by atoms with Gasteiger partial charge in [0.1, 0.15) is 17.6 Å². The molecule has 0 heterocycles. The molecule has 0 aliphatic heterocycles. The van der Waals surface area contributed by atoms with E-state index in [1.807, 2.05) is 44.2 Å². The number of halogens is 1. The van der Waals surface area contributed by atoms with E-state index in [2.05, 4.69) is 0 Å². The van der Waals surface area contributed by atoms with Gasteiger partial charge in [-0.15, -0.1) is 0 Å². The molecule has 0 N–H and O–H groups in total. The monoisotopic (exact) mass is 255 g/mol. The number of nitrogens with zero attached hydrogens (tertiary/aromatic N) is 1. The molecule has 0 saturated carbocycles. The average Bonchev–Trinajstić information content (AvgIpc) is 2.38. The van der Waals surface area contributed by atoms with Crippen LogP contribution in [0.1, 0.15) is 19.4 Å². The molecule has 3 heteroatoms. The van der Waals surface area contributed by atoms with Gasteiger partial charge in [-0.05, 0) is 37.6 Å². The van der Waals surface area contributed by atoms with Crippen molar-refractivity contribution in [3.05, 3.63) is 53.8 Å². The van der Waals surface area contributed by atoms with Gasteiger partial charge in [0, 0.05) is 5.56 Å². The number of nitriles is 1. The molecule has 0 aromatic heterocycles. The van der Waals surface area contributed by atoms with Crippen molar-refractivity contribution in [2.24, 2.45) is 0 Å². The van der Waals surface area contributed by atoms with E-state index in [9.17, 15) is 4.39 Å². The topological polar surface area (TPSA) is 33.0 Å². The lowest BCUT2D eigenvalue weighted by atomic mass is 10.00. The first-order chi connectivity index (χ1) is 9.11. The Labute approximate surface area is 112 Å². The Kier molecular flexibility index (Phi) is 3.82. The molecule has 0 saturated heterocycles. The summed E-state index contributed by atoms with van der Waals surface area (Å²) >= 11 is 0. The van der Waals surface area contributed by atoms with Crippen molar-refractivity contribution in [1.82, 2.24) is 0 Å². The molecular formula is C16H14FNO. The van der Waals surface area contributed by atoms with Gasteiger partial charge in [0.15, 0.2) is 0 Å². The van der Waals surface area contributed by atoms with Crippen LogP contribution >= 0.6 is 0 Å². The van der Waals surface area contributed by atoms with Crippen LogP contribution in [0.3, 0.4) is 0 Å². The predicted molar refractivity (Wildman–Crippen MR) is 72.3 cm³/mol. The van der Waals surface area contributed by atoms with Crippen LogP contribution in [0.4, 0.5) is 4.39 Å². The van der Waals surface area contributed by atoms with E-state index in [0.717, 1.165) is 11.3 Å². The lowest BCUT2D eigenvalue weighted by Gasteiger charge is -2.10. The van der Waals surface area contributed by atoms with E-state index in [-0.39, 0.29) is 11.7 Å². The standard InChI is InChI=1S/C16H14FNO/c1-11(2)19-13-8-6-12(7-9-13)14-4-3-5-16(17)15(14)10-18/h3-9,11H,1-2H3. The third kappa shape index (κ3) is 2.92. The highest BCUT2D eigenvalue weighted by Gasteiger charge is 2.09. The molecule has 2 aromatic rings. The van der Waals surface area contributed by atoms with Crippen LogP contribution in [0.15, 0.2) is 42.5 Å². The summed E-state index contributed by atoms with van der Waals surface area (Å²) in [6.45, 7) is 3.91. The van der Waals surface area contributed by atoms with Crippen LogP contribution in [0.5, 0.6) is 5.75 Å². The van der Waals surface area contributed by atoms with E-state index in [4.69, 9.17) is 10.00 Å². The summed E-state index contributed by atoms with van der Waals surface area (Å²) in [4.78, 5) is 0. The van der Waals surface area contributed by atoms with Gasteiger partial charge in [-0.3, -0.25) is 0 Å². The van der Waals surface area contributed by atoms with Crippen molar-refractivity contribution in [3.63, 3.8) is 0 Å². The molecule has 0 spiro atoms. The quantitative estimate of drug-likeness (QED) is 0.825.